The zero-order valence-electron chi connectivity index (χ0n) is 14.8. The molecule has 2 aromatic heterocycles. The molecule has 0 saturated carbocycles. The van der Waals surface area contributed by atoms with E-state index in [2.05, 4.69) is 24.1 Å². The Balaban J connectivity index is 2.11. The molecule has 0 spiro atoms. The first-order valence-corrected chi connectivity index (χ1v) is 8.23. The van der Waals surface area contributed by atoms with Gasteiger partial charge in [0, 0.05) is 38.9 Å². The summed E-state index contributed by atoms with van der Waals surface area (Å²) in [5.74, 6) is 0.902. The number of nitrogens with zero attached hydrogens (tertiary/aromatic N) is 3. The van der Waals surface area contributed by atoms with Crippen molar-refractivity contribution < 1.29 is 4.42 Å². The molecule has 0 amide bonds. The van der Waals surface area contributed by atoms with Crippen molar-refractivity contribution in [1.82, 2.24) is 19.4 Å². The van der Waals surface area contributed by atoms with E-state index in [0.29, 0.717) is 18.7 Å². The average Bonchev–Trinajstić information content (AvgIpc) is 3.11. The molecule has 0 aromatic carbocycles. The fourth-order valence-electron chi connectivity index (χ4n) is 2.90. The second-order valence-corrected chi connectivity index (χ2v) is 5.80. The summed E-state index contributed by atoms with van der Waals surface area (Å²) in [5.41, 5.74) is -0.0133. The summed E-state index contributed by atoms with van der Waals surface area (Å²) >= 11 is 0. The second-order valence-electron chi connectivity index (χ2n) is 5.80. The molecule has 0 aliphatic heterocycles. The third kappa shape index (κ3) is 3.85. The predicted molar refractivity (Wildman–Crippen MR) is 93.0 cm³/mol. The van der Waals surface area contributed by atoms with Crippen LogP contribution in [0, 0.1) is 0 Å². The summed E-state index contributed by atoms with van der Waals surface area (Å²) in [6.07, 6.45) is 3.27. The Morgan fingerprint density at radius 3 is 2.54 bits per heavy atom. The van der Waals surface area contributed by atoms with Crippen molar-refractivity contribution in [3.63, 3.8) is 0 Å². The first-order valence-electron chi connectivity index (χ1n) is 8.23. The molecule has 2 rings (SSSR count). The molecule has 0 radical (unpaired) electrons. The first-order chi connectivity index (χ1) is 11.5. The Hall–Kier alpha value is -2.12. The van der Waals surface area contributed by atoms with Gasteiger partial charge in [-0.25, -0.2) is 4.79 Å². The van der Waals surface area contributed by atoms with Crippen LogP contribution in [0.15, 0.2) is 38.6 Å². The number of rotatable bonds is 8. The molecule has 2 aromatic rings. The van der Waals surface area contributed by atoms with Gasteiger partial charge in [-0.15, -0.1) is 0 Å². The van der Waals surface area contributed by atoms with Gasteiger partial charge in [0.2, 0.25) is 0 Å². The molecule has 0 fully saturated rings. The zero-order valence-corrected chi connectivity index (χ0v) is 14.8. The monoisotopic (exact) mass is 334 g/mol. The Bertz CT molecular complexity index is 757. The number of aryl methyl sites for hydroxylation is 1. The van der Waals surface area contributed by atoms with E-state index >= 15 is 0 Å². The Kier molecular flexibility index (Phi) is 6.16. The number of likely N-dealkylation sites (N-methyl/N-ethyl adjacent to an activating group) is 1. The summed E-state index contributed by atoms with van der Waals surface area (Å²) in [6.45, 7) is 7.10. The minimum Gasteiger partial charge on any atom is -0.468 e. The molecule has 0 bridgehead atoms. The first kappa shape index (κ1) is 18.2. The summed E-state index contributed by atoms with van der Waals surface area (Å²) < 4.78 is 8.12. The third-order valence-corrected chi connectivity index (χ3v) is 4.30. The summed E-state index contributed by atoms with van der Waals surface area (Å²) in [6, 6.07) is 3.95. The maximum Gasteiger partial charge on any atom is 0.330 e. The molecule has 0 aliphatic rings. The maximum absolute atomic E-state index is 12.2. The lowest BCUT2D eigenvalue weighted by Crippen LogP contribution is -2.40. The van der Waals surface area contributed by atoms with Crippen LogP contribution in [0.3, 0.4) is 0 Å². The maximum atomic E-state index is 12.2. The number of hydrogen-bond donors (Lipinski definition) is 1. The van der Waals surface area contributed by atoms with Crippen LogP contribution in [0.2, 0.25) is 0 Å². The van der Waals surface area contributed by atoms with Crippen LogP contribution in [0.5, 0.6) is 0 Å². The minimum atomic E-state index is -0.319. The van der Waals surface area contributed by atoms with Crippen molar-refractivity contribution >= 4 is 0 Å². The van der Waals surface area contributed by atoms with E-state index in [1.54, 1.807) is 19.5 Å². The van der Waals surface area contributed by atoms with Crippen LogP contribution < -0.4 is 16.6 Å². The van der Waals surface area contributed by atoms with Gasteiger partial charge >= 0.3 is 5.69 Å². The van der Waals surface area contributed by atoms with Gasteiger partial charge in [0.25, 0.3) is 5.56 Å². The van der Waals surface area contributed by atoms with Gasteiger partial charge in [-0.05, 0) is 25.2 Å². The van der Waals surface area contributed by atoms with E-state index in [9.17, 15) is 9.59 Å². The molecule has 0 saturated heterocycles. The molecule has 24 heavy (non-hydrogen) atoms. The van der Waals surface area contributed by atoms with Gasteiger partial charge in [-0.3, -0.25) is 14.3 Å². The van der Waals surface area contributed by atoms with E-state index in [-0.39, 0.29) is 17.3 Å². The average molecular weight is 334 g/mol. The zero-order chi connectivity index (χ0) is 17.7. The van der Waals surface area contributed by atoms with Crippen molar-refractivity contribution in [1.29, 1.82) is 0 Å². The lowest BCUT2D eigenvalue weighted by Gasteiger charge is -2.28. The molecule has 7 nitrogen and oxygen atoms in total. The molecule has 0 aliphatic carbocycles. The van der Waals surface area contributed by atoms with Gasteiger partial charge in [-0.2, -0.15) is 0 Å². The topological polar surface area (TPSA) is 72.4 Å². The summed E-state index contributed by atoms with van der Waals surface area (Å²) in [5, 5.41) is 3.32. The lowest BCUT2D eigenvalue weighted by molar-refractivity contribution is 0.188. The highest BCUT2D eigenvalue weighted by Crippen LogP contribution is 2.20. The normalized spacial score (nSPS) is 12.7. The molecule has 132 valence electrons. The molecular formula is C17H26N4O3. The Labute approximate surface area is 141 Å². The second kappa shape index (κ2) is 8.12. The summed E-state index contributed by atoms with van der Waals surface area (Å²) in [7, 11) is 3.14. The quantitative estimate of drug-likeness (QED) is 0.775. The lowest BCUT2D eigenvalue weighted by atomic mass is 10.1. The van der Waals surface area contributed by atoms with E-state index in [0.717, 1.165) is 23.4 Å². The van der Waals surface area contributed by atoms with Gasteiger partial charge in [-0.1, -0.05) is 13.8 Å². The van der Waals surface area contributed by atoms with Crippen LogP contribution >= 0.6 is 0 Å². The van der Waals surface area contributed by atoms with Gasteiger partial charge in [0.1, 0.15) is 5.76 Å². The van der Waals surface area contributed by atoms with Crippen molar-refractivity contribution in [3.05, 3.63) is 56.8 Å². The van der Waals surface area contributed by atoms with Crippen molar-refractivity contribution in [2.75, 3.05) is 19.6 Å². The predicted octanol–water partition coefficient (Wildman–Crippen LogP) is 0.850. The molecule has 2 heterocycles. The molecule has 1 atom stereocenters. The smallest absolute Gasteiger partial charge is 0.330 e. The Morgan fingerprint density at radius 1 is 1.25 bits per heavy atom. The van der Waals surface area contributed by atoms with E-state index < -0.39 is 0 Å². The number of hydrogen-bond acceptors (Lipinski definition) is 5. The van der Waals surface area contributed by atoms with Crippen LogP contribution in [0.25, 0.3) is 0 Å². The third-order valence-electron chi connectivity index (χ3n) is 4.30. The van der Waals surface area contributed by atoms with Gasteiger partial charge in [0.15, 0.2) is 0 Å². The summed E-state index contributed by atoms with van der Waals surface area (Å²) in [4.78, 5) is 26.2. The van der Waals surface area contributed by atoms with E-state index in [4.69, 9.17) is 4.42 Å². The molecule has 7 heteroatoms. The fraction of sp³-hybridized carbons (Fsp3) is 0.529. The molecule has 1 N–H and O–H groups in total. The van der Waals surface area contributed by atoms with Crippen LogP contribution in [-0.2, 0) is 20.6 Å². The van der Waals surface area contributed by atoms with Gasteiger partial charge < -0.3 is 14.3 Å². The number of aromatic nitrogens is 2. The SMILES string of the molecule is CCN(CC)C(CNCc1cn(C)c(=O)n(C)c1=O)c1ccco1. The van der Waals surface area contributed by atoms with Crippen LogP contribution in [0.4, 0.5) is 0 Å². The Morgan fingerprint density at radius 2 is 1.96 bits per heavy atom. The standard InChI is InChI=1S/C17H26N4O3/c1-5-21(6-2)14(15-8-7-9-24-15)11-18-10-13-12-19(3)17(23)20(4)16(13)22/h7-9,12,14,18H,5-6,10-11H2,1-4H3. The van der Waals surface area contributed by atoms with Crippen LogP contribution in [0.1, 0.15) is 31.2 Å². The largest absolute Gasteiger partial charge is 0.468 e. The van der Waals surface area contributed by atoms with Crippen LogP contribution in [-0.4, -0.2) is 33.7 Å². The highest BCUT2D eigenvalue weighted by molar-refractivity contribution is 5.08. The van der Waals surface area contributed by atoms with Crippen molar-refractivity contribution in [2.45, 2.75) is 26.4 Å². The van der Waals surface area contributed by atoms with Gasteiger partial charge in [0.05, 0.1) is 12.3 Å². The van der Waals surface area contributed by atoms with Crippen molar-refractivity contribution in [2.24, 2.45) is 14.1 Å². The fourth-order valence-corrected chi connectivity index (χ4v) is 2.90. The molecular weight excluding hydrogens is 308 g/mol. The van der Waals surface area contributed by atoms with Crippen molar-refractivity contribution in [3.8, 4) is 0 Å². The molecule has 1 unspecified atom stereocenters. The highest BCUT2D eigenvalue weighted by atomic mass is 16.3. The minimum absolute atomic E-state index is 0.103. The van der Waals surface area contributed by atoms with E-state index in [1.165, 1.54) is 11.6 Å². The van der Waals surface area contributed by atoms with E-state index in [1.807, 2.05) is 12.1 Å². The highest BCUT2D eigenvalue weighted by Gasteiger charge is 2.20. The number of furan rings is 1. The number of nitrogens with one attached hydrogen (secondary N) is 1.